The molecular weight excluding hydrogens is 263 g/mol. The van der Waals surface area contributed by atoms with Crippen LogP contribution in [0.4, 0.5) is 13.2 Å². The molecule has 94 valence electrons. The fraction of sp³-hybridized carbons (Fsp3) is 0.167. The standard InChI is InChI=1S/C12H8F3NOS/c13-12(14,15)9-3-1-2-8(6-9)10(17)7-11-16-4-5-18-11/h1-6H,7H2. The number of carbonyl (C=O) groups is 1. The third-order valence-corrected chi connectivity index (χ3v) is 3.09. The third kappa shape index (κ3) is 2.95. The lowest BCUT2D eigenvalue weighted by Gasteiger charge is -2.07. The number of hydrogen-bond donors (Lipinski definition) is 0. The largest absolute Gasteiger partial charge is 0.416 e. The maximum atomic E-state index is 12.5. The zero-order valence-electron chi connectivity index (χ0n) is 9.07. The van der Waals surface area contributed by atoms with Crippen LogP contribution in [-0.4, -0.2) is 10.8 Å². The molecule has 6 heteroatoms. The van der Waals surface area contributed by atoms with E-state index in [-0.39, 0.29) is 17.8 Å². The number of carbonyl (C=O) groups excluding carboxylic acids is 1. The molecule has 0 spiro atoms. The van der Waals surface area contributed by atoms with Crippen LogP contribution in [0.25, 0.3) is 0 Å². The molecule has 0 saturated heterocycles. The molecule has 18 heavy (non-hydrogen) atoms. The first-order chi connectivity index (χ1) is 8.47. The number of Topliss-reactive ketones (excluding diaryl/α,β-unsaturated/α-hetero) is 1. The van der Waals surface area contributed by atoms with E-state index in [0.717, 1.165) is 12.1 Å². The van der Waals surface area contributed by atoms with Crippen molar-refractivity contribution in [2.24, 2.45) is 0 Å². The van der Waals surface area contributed by atoms with Crippen LogP contribution in [0, 0.1) is 0 Å². The lowest BCUT2D eigenvalue weighted by molar-refractivity contribution is -0.137. The van der Waals surface area contributed by atoms with Crippen LogP contribution < -0.4 is 0 Å². The van der Waals surface area contributed by atoms with Crippen molar-refractivity contribution in [3.05, 3.63) is 52.0 Å². The van der Waals surface area contributed by atoms with E-state index in [1.807, 2.05) is 0 Å². The minimum atomic E-state index is -4.43. The number of halogens is 3. The second-order valence-corrected chi connectivity index (χ2v) is 4.58. The molecule has 0 fully saturated rings. The summed E-state index contributed by atoms with van der Waals surface area (Å²) < 4.78 is 37.5. The Morgan fingerprint density at radius 2 is 2.11 bits per heavy atom. The van der Waals surface area contributed by atoms with E-state index in [1.165, 1.54) is 23.5 Å². The smallest absolute Gasteiger partial charge is 0.294 e. The fourth-order valence-electron chi connectivity index (χ4n) is 1.45. The van der Waals surface area contributed by atoms with Crippen molar-refractivity contribution in [2.45, 2.75) is 12.6 Å². The van der Waals surface area contributed by atoms with Gasteiger partial charge in [0, 0.05) is 17.1 Å². The number of benzene rings is 1. The summed E-state index contributed by atoms with van der Waals surface area (Å²) in [5.74, 6) is -0.365. The number of hydrogen-bond acceptors (Lipinski definition) is 3. The van der Waals surface area contributed by atoms with Gasteiger partial charge in [-0.25, -0.2) is 4.98 Å². The normalized spacial score (nSPS) is 11.5. The zero-order chi connectivity index (χ0) is 13.2. The highest BCUT2D eigenvalue weighted by Gasteiger charge is 2.30. The van der Waals surface area contributed by atoms with Crippen molar-refractivity contribution in [1.82, 2.24) is 4.98 Å². The number of alkyl halides is 3. The predicted molar refractivity (Wildman–Crippen MR) is 61.6 cm³/mol. The first-order valence-electron chi connectivity index (χ1n) is 5.05. The van der Waals surface area contributed by atoms with Gasteiger partial charge in [-0.05, 0) is 12.1 Å². The molecule has 0 aliphatic rings. The lowest BCUT2D eigenvalue weighted by Crippen LogP contribution is -2.08. The third-order valence-electron chi connectivity index (χ3n) is 2.31. The van der Waals surface area contributed by atoms with E-state index in [2.05, 4.69) is 4.98 Å². The summed E-state index contributed by atoms with van der Waals surface area (Å²) in [4.78, 5) is 15.7. The van der Waals surface area contributed by atoms with Gasteiger partial charge >= 0.3 is 6.18 Å². The highest BCUT2D eigenvalue weighted by atomic mass is 32.1. The van der Waals surface area contributed by atoms with Crippen LogP contribution in [0.3, 0.4) is 0 Å². The Labute approximate surface area is 105 Å². The Kier molecular flexibility index (Phi) is 3.47. The second-order valence-electron chi connectivity index (χ2n) is 3.60. The van der Waals surface area contributed by atoms with Gasteiger partial charge in [-0.1, -0.05) is 12.1 Å². The van der Waals surface area contributed by atoms with E-state index >= 15 is 0 Å². The minimum absolute atomic E-state index is 0.0268. The number of aromatic nitrogens is 1. The molecule has 0 unspecified atom stereocenters. The average Bonchev–Trinajstić information content (AvgIpc) is 2.81. The van der Waals surface area contributed by atoms with Gasteiger partial charge in [-0.2, -0.15) is 13.2 Å². The Morgan fingerprint density at radius 3 is 2.72 bits per heavy atom. The lowest BCUT2D eigenvalue weighted by atomic mass is 10.1. The predicted octanol–water partition coefficient (Wildman–Crippen LogP) is 3.59. The van der Waals surface area contributed by atoms with E-state index in [4.69, 9.17) is 0 Å². The molecule has 1 heterocycles. The Bertz CT molecular complexity index is 549. The molecule has 0 bridgehead atoms. The molecule has 0 N–H and O–H groups in total. The monoisotopic (exact) mass is 271 g/mol. The van der Waals surface area contributed by atoms with Gasteiger partial charge in [0.1, 0.15) is 5.01 Å². The highest BCUT2D eigenvalue weighted by molar-refractivity contribution is 7.09. The van der Waals surface area contributed by atoms with Crippen molar-refractivity contribution < 1.29 is 18.0 Å². The van der Waals surface area contributed by atoms with Crippen molar-refractivity contribution in [3.8, 4) is 0 Å². The van der Waals surface area contributed by atoms with Gasteiger partial charge < -0.3 is 0 Å². The summed E-state index contributed by atoms with van der Waals surface area (Å²) in [6.07, 6.45) is -2.85. The Balaban J connectivity index is 2.21. The van der Waals surface area contributed by atoms with Crippen LogP contribution in [0.2, 0.25) is 0 Å². The van der Waals surface area contributed by atoms with Gasteiger partial charge in [0.25, 0.3) is 0 Å². The van der Waals surface area contributed by atoms with Crippen molar-refractivity contribution in [2.75, 3.05) is 0 Å². The minimum Gasteiger partial charge on any atom is -0.294 e. The summed E-state index contributed by atoms with van der Waals surface area (Å²) in [5.41, 5.74) is -0.757. The van der Waals surface area contributed by atoms with E-state index in [1.54, 1.807) is 11.6 Å². The van der Waals surface area contributed by atoms with Crippen molar-refractivity contribution in [3.63, 3.8) is 0 Å². The molecular formula is C12H8F3NOS. The summed E-state index contributed by atoms with van der Waals surface area (Å²) in [6.45, 7) is 0. The average molecular weight is 271 g/mol. The first kappa shape index (κ1) is 12.8. The molecule has 0 saturated carbocycles. The van der Waals surface area contributed by atoms with Crippen LogP contribution in [0.5, 0.6) is 0 Å². The number of thiazole rings is 1. The van der Waals surface area contributed by atoms with Gasteiger partial charge in [-0.3, -0.25) is 4.79 Å². The number of ketones is 1. The van der Waals surface area contributed by atoms with Crippen LogP contribution >= 0.6 is 11.3 Å². The van der Waals surface area contributed by atoms with Crippen LogP contribution in [-0.2, 0) is 12.6 Å². The zero-order valence-corrected chi connectivity index (χ0v) is 9.89. The van der Waals surface area contributed by atoms with Crippen LogP contribution in [0.1, 0.15) is 20.9 Å². The quantitative estimate of drug-likeness (QED) is 0.798. The molecule has 2 rings (SSSR count). The molecule has 2 aromatic rings. The molecule has 0 aliphatic heterocycles. The molecule has 0 aliphatic carbocycles. The van der Waals surface area contributed by atoms with Gasteiger partial charge in [0.15, 0.2) is 5.78 Å². The summed E-state index contributed by atoms with van der Waals surface area (Å²) in [7, 11) is 0. The molecule has 1 aromatic heterocycles. The fourth-order valence-corrected chi connectivity index (χ4v) is 2.06. The van der Waals surface area contributed by atoms with Crippen LogP contribution in [0.15, 0.2) is 35.8 Å². The van der Waals surface area contributed by atoms with Gasteiger partial charge in [0.2, 0.25) is 0 Å². The second kappa shape index (κ2) is 4.89. The molecule has 0 radical (unpaired) electrons. The van der Waals surface area contributed by atoms with E-state index < -0.39 is 11.7 Å². The number of rotatable bonds is 3. The highest BCUT2D eigenvalue weighted by Crippen LogP contribution is 2.29. The maximum absolute atomic E-state index is 12.5. The summed E-state index contributed by atoms with van der Waals surface area (Å²) in [5, 5.41) is 2.31. The molecule has 0 amide bonds. The first-order valence-corrected chi connectivity index (χ1v) is 5.93. The van der Waals surface area contributed by atoms with Gasteiger partial charge in [-0.15, -0.1) is 11.3 Å². The Morgan fingerprint density at radius 1 is 1.33 bits per heavy atom. The van der Waals surface area contributed by atoms with E-state index in [0.29, 0.717) is 5.01 Å². The molecule has 1 aromatic carbocycles. The van der Waals surface area contributed by atoms with Gasteiger partial charge in [0.05, 0.1) is 12.0 Å². The molecule has 0 atom stereocenters. The Hall–Kier alpha value is -1.69. The topological polar surface area (TPSA) is 30.0 Å². The van der Waals surface area contributed by atoms with E-state index in [9.17, 15) is 18.0 Å². The number of nitrogens with zero attached hydrogens (tertiary/aromatic N) is 1. The molecule has 2 nitrogen and oxygen atoms in total. The van der Waals surface area contributed by atoms with Crippen molar-refractivity contribution >= 4 is 17.1 Å². The summed E-state index contributed by atoms with van der Waals surface area (Å²) >= 11 is 1.30. The summed E-state index contributed by atoms with van der Waals surface area (Å²) in [6, 6.07) is 4.43. The SMILES string of the molecule is O=C(Cc1nccs1)c1cccc(C(F)(F)F)c1. The maximum Gasteiger partial charge on any atom is 0.416 e. The van der Waals surface area contributed by atoms with Crippen molar-refractivity contribution in [1.29, 1.82) is 0 Å².